The van der Waals surface area contributed by atoms with Gasteiger partial charge in [0.2, 0.25) is 5.91 Å². The number of esters is 1. The van der Waals surface area contributed by atoms with E-state index >= 15 is 0 Å². The number of rotatable bonds is 7. The summed E-state index contributed by atoms with van der Waals surface area (Å²) in [7, 11) is 0. The van der Waals surface area contributed by atoms with Crippen LogP contribution in [0.5, 0.6) is 0 Å². The smallest absolute Gasteiger partial charge is 0.339 e. The predicted octanol–water partition coefficient (Wildman–Crippen LogP) is 5.36. The molecule has 0 unspecified atom stereocenters. The zero-order valence-corrected chi connectivity index (χ0v) is 18.8. The van der Waals surface area contributed by atoms with Crippen molar-refractivity contribution < 1.29 is 18.7 Å². The number of ether oxygens (including phenoxy) is 1. The Labute approximate surface area is 192 Å². The van der Waals surface area contributed by atoms with Crippen molar-refractivity contribution >= 4 is 23.6 Å². The van der Waals surface area contributed by atoms with Crippen LogP contribution in [0.1, 0.15) is 54.4 Å². The lowest BCUT2D eigenvalue weighted by Crippen LogP contribution is -2.60. The maximum absolute atomic E-state index is 13.3. The van der Waals surface area contributed by atoms with Gasteiger partial charge in [-0.2, -0.15) is 0 Å². The first-order valence-electron chi connectivity index (χ1n) is 11.4. The highest BCUT2D eigenvalue weighted by Crippen LogP contribution is 2.55. The van der Waals surface area contributed by atoms with Gasteiger partial charge in [0.1, 0.15) is 12.4 Å². The molecule has 2 aromatic rings. The van der Waals surface area contributed by atoms with Gasteiger partial charge in [-0.3, -0.25) is 4.79 Å². The molecule has 6 heteroatoms. The molecule has 0 aliphatic heterocycles. The van der Waals surface area contributed by atoms with Gasteiger partial charge in [0.05, 0.1) is 11.3 Å². The second-order valence-electron chi connectivity index (χ2n) is 9.74. The highest BCUT2D eigenvalue weighted by molar-refractivity contribution is 8.00. The van der Waals surface area contributed by atoms with Crippen molar-refractivity contribution in [2.24, 2.45) is 17.8 Å². The zero-order valence-electron chi connectivity index (χ0n) is 18.0. The summed E-state index contributed by atoms with van der Waals surface area (Å²) in [6.45, 7) is 0.00208. The topological polar surface area (TPSA) is 55.4 Å². The quantitative estimate of drug-likeness (QED) is 0.453. The summed E-state index contributed by atoms with van der Waals surface area (Å²) in [5.41, 5.74) is 1.02. The Hall–Kier alpha value is -2.34. The molecule has 4 aliphatic carbocycles. The molecule has 4 aliphatic rings. The molecular weight excluding hydrogens is 425 g/mol. The second kappa shape index (κ2) is 8.89. The summed E-state index contributed by atoms with van der Waals surface area (Å²) in [4.78, 5) is 26.2. The molecule has 32 heavy (non-hydrogen) atoms. The number of halogens is 1. The van der Waals surface area contributed by atoms with Gasteiger partial charge < -0.3 is 10.1 Å². The highest BCUT2D eigenvalue weighted by atomic mass is 32.2. The first kappa shape index (κ1) is 21.5. The molecule has 4 saturated carbocycles. The van der Waals surface area contributed by atoms with E-state index in [4.69, 9.17) is 4.74 Å². The van der Waals surface area contributed by atoms with Gasteiger partial charge in [0.25, 0.3) is 0 Å². The van der Waals surface area contributed by atoms with Crippen molar-refractivity contribution in [1.29, 1.82) is 0 Å². The van der Waals surface area contributed by atoms with Crippen LogP contribution in [0.2, 0.25) is 0 Å². The van der Waals surface area contributed by atoms with Crippen LogP contribution in [-0.4, -0.2) is 23.2 Å². The Kier molecular flexibility index (Phi) is 5.97. The number of nitrogens with one attached hydrogen (secondary N) is 1. The van der Waals surface area contributed by atoms with Crippen molar-refractivity contribution in [1.82, 2.24) is 5.32 Å². The van der Waals surface area contributed by atoms with E-state index in [1.807, 2.05) is 12.1 Å². The fourth-order valence-electron chi connectivity index (χ4n) is 6.35. The van der Waals surface area contributed by atoms with E-state index in [1.54, 1.807) is 24.3 Å². The minimum Gasteiger partial charge on any atom is -0.457 e. The second-order valence-corrected chi connectivity index (χ2v) is 10.8. The third-order valence-corrected chi connectivity index (χ3v) is 8.24. The normalized spacial score (nSPS) is 27.8. The number of carbonyl (C=O) groups excluding carboxylic acids is 2. The van der Waals surface area contributed by atoms with E-state index in [-0.39, 0.29) is 29.6 Å². The van der Waals surface area contributed by atoms with Crippen molar-refractivity contribution in [3.63, 3.8) is 0 Å². The number of hydrogen-bond acceptors (Lipinski definition) is 4. The molecule has 6 rings (SSSR count). The standard InChI is InChI=1S/C26H28FNO3S/c27-21-5-3-4-17(11-21)15-31-25(30)22-6-1-2-7-23(22)32-16-24(29)28-26-12-18-8-19(13-26)10-20(9-18)14-26/h1-7,11,18-20H,8-10,12-16H2,(H,28,29). The summed E-state index contributed by atoms with van der Waals surface area (Å²) in [6, 6.07) is 13.2. The fraction of sp³-hybridized carbons (Fsp3) is 0.462. The summed E-state index contributed by atoms with van der Waals surface area (Å²) >= 11 is 1.36. The minimum absolute atomic E-state index is 0.00208. The molecule has 168 valence electrons. The van der Waals surface area contributed by atoms with Crippen LogP contribution in [0, 0.1) is 23.6 Å². The van der Waals surface area contributed by atoms with Crippen molar-refractivity contribution in [2.45, 2.75) is 55.6 Å². The van der Waals surface area contributed by atoms with E-state index in [9.17, 15) is 14.0 Å². The van der Waals surface area contributed by atoms with Crippen LogP contribution in [0.4, 0.5) is 4.39 Å². The van der Waals surface area contributed by atoms with E-state index in [1.165, 1.54) is 43.2 Å². The fourth-order valence-corrected chi connectivity index (χ4v) is 7.19. The minimum atomic E-state index is -0.473. The largest absolute Gasteiger partial charge is 0.457 e. The molecule has 1 amide bonds. The van der Waals surface area contributed by atoms with Gasteiger partial charge in [-0.15, -0.1) is 11.8 Å². The maximum Gasteiger partial charge on any atom is 0.339 e. The number of amides is 1. The van der Waals surface area contributed by atoms with Crippen LogP contribution in [-0.2, 0) is 16.1 Å². The molecule has 0 saturated heterocycles. The van der Waals surface area contributed by atoms with Crippen LogP contribution in [0.3, 0.4) is 0 Å². The maximum atomic E-state index is 13.3. The first-order valence-corrected chi connectivity index (χ1v) is 12.4. The van der Waals surface area contributed by atoms with Crippen LogP contribution >= 0.6 is 11.8 Å². The summed E-state index contributed by atoms with van der Waals surface area (Å²) in [5, 5.41) is 3.38. The van der Waals surface area contributed by atoms with E-state index in [0.717, 1.165) is 41.9 Å². The average Bonchev–Trinajstić information content (AvgIpc) is 2.75. The van der Waals surface area contributed by atoms with E-state index < -0.39 is 5.97 Å². The lowest BCUT2D eigenvalue weighted by molar-refractivity contribution is -0.124. The Morgan fingerprint density at radius 1 is 1.00 bits per heavy atom. The van der Waals surface area contributed by atoms with Gasteiger partial charge in [-0.25, -0.2) is 9.18 Å². The summed E-state index contributed by atoms with van der Waals surface area (Å²) in [5.74, 6) is 1.82. The van der Waals surface area contributed by atoms with Crippen LogP contribution in [0.25, 0.3) is 0 Å². The molecule has 4 nitrogen and oxygen atoms in total. The molecule has 0 aromatic heterocycles. The third kappa shape index (κ3) is 4.70. The van der Waals surface area contributed by atoms with Gasteiger partial charge in [-0.05, 0) is 86.1 Å². The average molecular weight is 454 g/mol. The SMILES string of the molecule is O=C(CSc1ccccc1C(=O)OCc1cccc(F)c1)NC12CC3CC(CC(C3)C1)C2. The van der Waals surface area contributed by atoms with Crippen molar-refractivity contribution in [2.75, 3.05) is 5.75 Å². The molecule has 4 bridgehead atoms. The molecule has 1 N–H and O–H groups in total. The Bertz CT molecular complexity index is 988. The first-order chi connectivity index (χ1) is 15.5. The predicted molar refractivity (Wildman–Crippen MR) is 122 cm³/mol. The van der Waals surface area contributed by atoms with E-state index in [0.29, 0.717) is 11.1 Å². The molecular formula is C26H28FNO3S. The number of hydrogen-bond donors (Lipinski definition) is 1. The third-order valence-electron chi connectivity index (χ3n) is 7.17. The van der Waals surface area contributed by atoms with Gasteiger partial charge in [-0.1, -0.05) is 24.3 Å². The molecule has 0 atom stereocenters. The van der Waals surface area contributed by atoms with Crippen LogP contribution < -0.4 is 5.32 Å². The zero-order chi connectivity index (χ0) is 22.1. The van der Waals surface area contributed by atoms with Gasteiger partial charge in [0, 0.05) is 10.4 Å². The Balaban J connectivity index is 1.18. The summed E-state index contributed by atoms with van der Waals surface area (Å²) < 4.78 is 18.7. The van der Waals surface area contributed by atoms with Gasteiger partial charge >= 0.3 is 5.97 Å². The lowest BCUT2D eigenvalue weighted by Gasteiger charge is -2.56. The molecule has 0 heterocycles. The number of thioether (sulfide) groups is 1. The number of benzene rings is 2. The van der Waals surface area contributed by atoms with Gasteiger partial charge in [0.15, 0.2) is 0 Å². The van der Waals surface area contributed by atoms with Crippen molar-refractivity contribution in [3.8, 4) is 0 Å². The molecule has 0 radical (unpaired) electrons. The summed E-state index contributed by atoms with van der Waals surface area (Å²) in [6.07, 6.45) is 7.40. The lowest BCUT2D eigenvalue weighted by atomic mass is 9.53. The number of carbonyl (C=O) groups is 2. The molecule has 2 aromatic carbocycles. The molecule has 4 fully saturated rings. The highest BCUT2D eigenvalue weighted by Gasteiger charge is 2.51. The molecule has 0 spiro atoms. The monoisotopic (exact) mass is 453 g/mol. The van der Waals surface area contributed by atoms with E-state index in [2.05, 4.69) is 5.32 Å². The Morgan fingerprint density at radius 2 is 1.69 bits per heavy atom. The van der Waals surface area contributed by atoms with Crippen molar-refractivity contribution in [3.05, 3.63) is 65.5 Å². The Morgan fingerprint density at radius 3 is 2.38 bits per heavy atom. The van der Waals surface area contributed by atoms with Crippen LogP contribution in [0.15, 0.2) is 53.4 Å².